The first kappa shape index (κ1) is 22.7. The fourth-order valence-corrected chi connectivity index (χ4v) is 3.53. The van der Waals surface area contributed by atoms with Gasteiger partial charge in [-0.3, -0.25) is 9.67 Å². The molecule has 0 bridgehead atoms. The molecule has 1 fully saturated rings. The van der Waals surface area contributed by atoms with E-state index in [1.807, 2.05) is 30.2 Å². The zero-order valence-corrected chi connectivity index (χ0v) is 19.1. The van der Waals surface area contributed by atoms with E-state index in [1.165, 1.54) is 56.4 Å². The van der Waals surface area contributed by atoms with Crippen LogP contribution in [-0.4, -0.2) is 53.9 Å². The Labute approximate surface area is 185 Å². The Morgan fingerprint density at radius 2 is 1.86 bits per heavy atom. The Hall–Kier alpha value is -1.61. The number of hydrogen-bond acceptors (Lipinski definition) is 3. The van der Waals surface area contributed by atoms with Crippen molar-refractivity contribution < 1.29 is 0 Å². The van der Waals surface area contributed by atoms with Crippen LogP contribution >= 0.6 is 24.0 Å². The number of nitrogens with one attached hydrogen (secondary N) is 2. The maximum atomic E-state index is 4.35. The second kappa shape index (κ2) is 12.8. The molecule has 0 aliphatic carbocycles. The van der Waals surface area contributed by atoms with Crippen LogP contribution in [0, 0.1) is 0 Å². The van der Waals surface area contributed by atoms with Crippen LogP contribution in [-0.2, 0) is 13.1 Å². The van der Waals surface area contributed by atoms with Crippen LogP contribution in [0.5, 0.6) is 0 Å². The third kappa shape index (κ3) is 7.43. The van der Waals surface area contributed by atoms with Gasteiger partial charge in [0, 0.05) is 32.5 Å². The zero-order valence-electron chi connectivity index (χ0n) is 16.8. The fraction of sp³-hybridized carbons (Fsp3) is 0.524. The molecule has 1 saturated heterocycles. The smallest absolute Gasteiger partial charge is 0.191 e. The first-order valence-corrected chi connectivity index (χ1v) is 10.1. The molecule has 7 heteroatoms. The van der Waals surface area contributed by atoms with Crippen LogP contribution in [0.2, 0.25) is 0 Å². The Bertz CT molecular complexity index is 695. The van der Waals surface area contributed by atoms with Crippen molar-refractivity contribution in [2.24, 2.45) is 4.99 Å². The molecule has 2 N–H and O–H groups in total. The number of unbranched alkanes of at least 4 members (excludes halogenated alkanes) is 1. The van der Waals surface area contributed by atoms with E-state index >= 15 is 0 Å². The predicted octanol–water partition coefficient (Wildman–Crippen LogP) is 3.09. The van der Waals surface area contributed by atoms with Crippen molar-refractivity contribution in [1.29, 1.82) is 0 Å². The van der Waals surface area contributed by atoms with Gasteiger partial charge < -0.3 is 15.5 Å². The van der Waals surface area contributed by atoms with Gasteiger partial charge in [0.05, 0.1) is 6.54 Å². The van der Waals surface area contributed by atoms with Crippen molar-refractivity contribution in [3.05, 3.63) is 53.9 Å². The molecular formula is C21H33IN6. The predicted molar refractivity (Wildman–Crippen MR) is 126 cm³/mol. The average Bonchev–Trinajstić information content (AvgIpc) is 3.39. The molecule has 2 aromatic rings. The molecule has 1 aromatic carbocycles. The highest BCUT2D eigenvalue weighted by Gasteiger charge is 2.10. The van der Waals surface area contributed by atoms with E-state index in [0.717, 1.165) is 25.6 Å². The van der Waals surface area contributed by atoms with Gasteiger partial charge in [-0.25, -0.2) is 0 Å². The van der Waals surface area contributed by atoms with Gasteiger partial charge in [0.15, 0.2) is 5.96 Å². The van der Waals surface area contributed by atoms with Crippen molar-refractivity contribution in [2.45, 2.75) is 38.8 Å². The molecule has 3 rings (SSSR count). The minimum atomic E-state index is 0. The van der Waals surface area contributed by atoms with Crippen molar-refractivity contribution >= 4 is 29.9 Å². The fourth-order valence-electron chi connectivity index (χ4n) is 3.53. The molecule has 1 aliphatic rings. The Morgan fingerprint density at radius 1 is 1.07 bits per heavy atom. The summed E-state index contributed by atoms with van der Waals surface area (Å²) in [6.45, 7) is 6.30. The number of guanidine groups is 1. The van der Waals surface area contributed by atoms with Gasteiger partial charge >= 0.3 is 0 Å². The summed E-state index contributed by atoms with van der Waals surface area (Å²) in [4.78, 5) is 6.92. The number of benzene rings is 1. The van der Waals surface area contributed by atoms with E-state index in [2.05, 4.69) is 49.9 Å². The quantitative estimate of drug-likeness (QED) is 0.243. The first-order valence-electron chi connectivity index (χ1n) is 10.1. The summed E-state index contributed by atoms with van der Waals surface area (Å²) < 4.78 is 1.95. The van der Waals surface area contributed by atoms with E-state index in [1.54, 1.807) is 0 Å². The number of aliphatic imine (C=N–C) groups is 1. The molecule has 6 nitrogen and oxygen atoms in total. The van der Waals surface area contributed by atoms with Gasteiger partial charge in [0.2, 0.25) is 0 Å². The number of rotatable bonds is 9. The minimum absolute atomic E-state index is 0. The Morgan fingerprint density at radius 3 is 2.57 bits per heavy atom. The van der Waals surface area contributed by atoms with Crippen LogP contribution in [0.15, 0.2) is 47.7 Å². The minimum Gasteiger partial charge on any atom is -0.356 e. The maximum Gasteiger partial charge on any atom is 0.191 e. The molecule has 0 unspecified atom stereocenters. The molecule has 0 spiro atoms. The van der Waals surface area contributed by atoms with E-state index in [4.69, 9.17) is 0 Å². The van der Waals surface area contributed by atoms with Crippen molar-refractivity contribution in [3.8, 4) is 0 Å². The highest BCUT2D eigenvalue weighted by molar-refractivity contribution is 14.0. The average molecular weight is 496 g/mol. The lowest BCUT2D eigenvalue weighted by Gasteiger charge is -2.16. The van der Waals surface area contributed by atoms with Crippen LogP contribution in [0.1, 0.15) is 36.8 Å². The Balaban J connectivity index is 0.00000280. The number of likely N-dealkylation sites (tertiary alicyclic amines) is 1. The number of aromatic nitrogens is 2. The highest BCUT2D eigenvalue weighted by atomic mass is 127. The van der Waals surface area contributed by atoms with E-state index < -0.39 is 0 Å². The van der Waals surface area contributed by atoms with Gasteiger partial charge in [-0.2, -0.15) is 5.10 Å². The summed E-state index contributed by atoms with van der Waals surface area (Å²) in [7, 11) is 1.83. The standard InChI is InChI=1S/C21H32N6.HI/c1-22-21(23-11-4-5-13-26-14-6-7-15-26)24-17-19-9-2-3-10-20(19)18-27-16-8-12-25-27;/h2-3,8-10,12,16H,4-7,11,13-15,17-18H2,1H3,(H2,22,23,24);1H. The van der Waals surface area contributed by atoms with Gasteiger partial charge in [-0.05, 0) is 62.5 Å². The SMILES string of the molecule is CN=C(NCCCCN1CCCC1)NCc1ccccc1Cn1cccn1.I. The normalized spacial score (nSPS) is 14.7. The lowest BCUT2D eigenvalue weighted by atomic mass is 10.1. The summed E-state index contributed by atoms with van der Waals surface area (Å²) >= 11 is 0. The number of halogens is 1. The molecule has 0 radical (unpaired) electrons. The van der Waals surface area contributed by atoms with Crippen LogP contribution < -0.4 is 10.6 Å². The lowest BCUT2D eigenvalue weighted by Crippen LogP contribution is -2.37. The highest BCUT2D eigenvalue weighted by Crippen LogP contribution is 2.10. The topological polar surface area (TPSA) is 57.5 Å². The molecule has 0 amide bonds. The van der Waals surface area contributed by atoms with Gasteiger partial charge in [-0.15, -0.1) is 24.0 Å². The van der Waals surface area contributed by atoms with Crippen LogP contribution in [0.4, 0.5) is 0 Å². The van der Waals surface area contributed by atoms with Crippen molar-refractivity contribution in [3.63, 3.8) is 0 Å². The number of hydrogen-bond donors (Lipinski definition) is 2. The summed E-state index contributed by atoms with van der Waals surface area (Å²) in [6.07, 6.45) is 8.97. The Kier molecular flexibility index (Phi) is 10.3. The van der Waals surface area contributed by atoms with E-state index in [-0.39, 0.29) is 24.0 Å². The summed E-state index contributed by atoms with van der Waals surface area (Å²) in [5, 5.41) is 11.2. The van der Waals surface area contributed by atoms with Gasteiger partial charge in [0.1, 0.15) is 0 Å². The van der Waals surface area contributed by atoms with Crippen molar-refractivity contribution in [1.82, 2.24) is 25.3 Å². The van der Waals surface area contributed by atoms with E-state index in [0.29, 0.717) is 0 Å². The van der Waals surface area contributed by atoms with Crippen molar-refractivity contribution in [2.75, 3.05) is 33.2 Å². The van der Waals surface area contributed by atoms with E-state index in [9.17, 15) is 0 Å². The van der Waals surface area contributed by atoms with Crippen LogP contribution in [0.3, 0.4) is 0 Å². The molecule has 0 saturated carbocycles. The third-order valence-electron chi connectivity index (χ3n) is 5.07. The molecular weight excluding hydrogens is 463 g/mol. The molecule has 154 valence electrons. The summed E-state index contributed by atoms with van der Waals surface area (Å²) in [5.74, 6) is 0.866. The number of nitrogens with zero attached hydrogens (tertiary/aromatic N) is 4. The largest absolute Gasteiger partial charge is 0.356 e. The molecule has 1 aromatic heterocycles. The molecule has 2 heterocycles. The molecule has 0 atom stereocenters. The molecule has 28 heavy (non-hydrogen) atoms. The van der Waals surface area contributed by atoms with Gasteiger partial charge in [-0.1, -0.05) is 24.3 Å². The zero-order chi connectivity index (χ0) is 18.7. The lowest BCUT2D eigenvalue weighted by molar-refractivity contribution is 0.330. The summed E-state index contributed by atoms with van der Waals surface area (Å²) in [5.41, 5.74) is 2.54. The second-order valence-electron chi connectivity index (χ2n) is 7.08. The van der Waals surface area contributed by atoms with Gasteiger partial charge in [0.25, 0.3) is 0 Å². The third-order valence-corrected chi connectivity index (χ3v) is 5.07. The summed E-state index contributed by atoms with van der Waals surface area (Å²) in [6, 6.07) is 10.4. The molecule has 1 aliphatic heterocycles. The monoisotopic (exact) mass is 496 g/mol. The maximum absolute atomic E-state index is 4.35. The first-order chi connectivity index (χ1) is 13.3. The second-order valence-corrected chi connectivity index (χ2v) is 7.08. The van der Waals surface area contributed by atoms with Crippen LogP contribution in [0.25, 0.3) is 0 Å².